The lowest BCUT2D eigenvalue weighted by Gasteiger charge is -2.17. The zero-order valence-corrected chi connectivity index (χ0v) is 14.9. The molecular formula is C21H17ClN2O2. The molecule has 26 heavy (non-hydrogen) atoms. The molecule has 0 saturated carbocycles. The molecule has 0 saturated heterocycles. The van der Waals surface area contributed by atoms with Gasteiger partial charge in [-0.3, -0.25) is 9.59 Å². The van der Waals surface area contributed by atoms with Crippen LogP contribution < -0.4 is 10.2 Å². The number of nitrogens with zero attached hydrogens (tertiary/aromatic N) is 1. The van der Waals surface area contributed by atoms with Crippen LogP contribution in [0.1, 0.15) is 20.7 Å². The number of anilines is 2. The number of amides is 2. The van der Waals surface area contributed by atoms with Crippen LogP contribution in [0.3, 0.4) is 0 Å². The van der Waals surface area contributed by atoms with Gasteiger partial charge in [0.1, 0.15) is 0 Å². The molecule has 3 aromatic carbocycles. The monoisotopic (exact) mass is 364 g/mol. The average Bonchev–Trinajstić information content (AvgIpc) is 2.67. The number of para-hydroxylation sites is 1. The highest BCUT2D eigenvalue weighted by atomic mass is 35.5. The van der Waals surface area contributed by atoms with Crippen molar-refractivity contribution in [1.82, 2.24) is 0 Å². The van der Waals surface area contributed by atoms with Crippen LogP contribution in [0.4, 0.5) is 11.4 Å². The third kappa shape index (κ3) is 4.10. The van der Waals surface area contributed by atoms with Crippen LogP contribution >= 0.6 is 11.6 Å². The number of carbonyl (C=O) groups is 2. The maximum Gasteiger partial charge on any atom is 0.258 e. The second-order valence-corrected chi connectivity index (χ2v) is 6.18. The quantitative estimate of drug-likeness (QED) is 0.718. The molecule has 130 valence electrons. The summed E-state index contributed by atoms with van der Waals surface area (Å²) >= 11 is 5.92. The molecule has 2 amide bonds. The molecule has 0 atom stereocenters. The molecule has 0 bridgehead atoms. The van der Waals surface area contributed by atoms with Gasteiger partial charge >= 0.3 is 0 Å². The van der Waals surface area contributed by atoms with Crippen molar-refractivity contribution >= 4 is 34.8 Å². The predicted octanol–water partition coefficient (Wildman–Crippen LogP) is 4.87. The van der Waals surface area contributed by atoms with E-state index in [0.717, 1.165) is 5.69 Å². The summed E-state index contributed by atoms with van der Waals surface area (Å²) < 4.78 is 0. The zero-order chi connectivity index (χ0) is 18.5. The van der Waals surface area contributed by atoms with Gasteiger partial charge in [0, 0.05) is 34.6 Å². The van der Waals surface area contributed by atoms with Crippen molar-refractivity contribution in [3.63, 3.8) is 0 Å². The number of rotatable bonds is 4. The highest BCUT2D eigenvalue weighted by Crippen LogP contribution is 2.18. The third-order valence-electron chi connectivity index (χ3n) is 3.92. The van der Waals surface area contributed by atoms with Crippen LogP contribution in [0.2, 0.25) is 5.02 Å². The fourth-order valence-electron chi connectivity index (χ4n) is 2.50. The second kappa shape index (κ2) is 7.85. The van der Waals surface area contributed by atoms with Gasteiger partial charge in [0.2, 0.25) is 0 Å². The van der Waals surface area contributed by atoms with Gasteiger partial charge < -0.3 is 10.2 Å². The molecule has 0 aliphatic rings. The van der Waals surface area contributed by atoms with E-state index in [1.54, 1.807) is 60.5 Å². The SMILES string of the molecule is CN(C(=O)c1ccc(C(=O)Nc2cccc(Cl)c2)cc1)c1ccccc1. The summed E-state index contributed by atoms with van der Waals surface area (Å²) in [6, 6.07) is 22.9. The van der Waals surface area contributed by atoms with E-state index in [-0.39, 0.29) is 11.8 Å². The zero-order valence-electron chi connectivity index (χ0n) is 14.1. The van der Waals surface area contributed by atoms with E-state index in [1.165, 1.54) is 0 Å². The molecule has 0 aliphatic carbocycles. The van der Waals surface area contributed by atoms with E-state index >= 15 is 0 Å². The summed E-state index contributed by atoms with van der Waals surface area (Å²) in [6.45, 7) is 0. The molecule has 0 radical (unpaired) electrons. The fraction of sp³-hybridized carbons (Fsp3) is 0.0476. The van der Waals surface area contributed by atoms with E-state index in [4.69, 9.17) is 11.6 Å². The Balaban J connectivity index is 1.71. The standard InChI is InChI=1S/C21H17ClN2O2/c1-24(19-8-3-2-4-9-19)21(26)16-12-10-15(11-13-16)20(25)23-18-7-5-6-17(22)14-18/h2-14H,1H3,(H,23,25). The van der Waals surface area contributed by atoms with Crippen LogP contribution in [0.15, 0.2) is 78.9 Å². The van der Waals surface area contributed by atoms with Gasteiger partial charge in [-0.25, -0.2) is 0 Å². The Kier molecular flexibility index (Phi) is 5.34. The van der Waals surface area contributed by atoms with Crippen molar-refractivity contribution in [1.29, 1.82) is 0 Å². The molecule has 0 aromatic heterocycles. The van der Waals surface area contributed by atoms with E-state index in [9.17, 15) is 9.59 Å². The number of carbonyl (C=O) groups excluding carboxylic acids is 2. The summed E-state index contributed by atoms with van der Waals surface area (Å²) in [4.78, 5) is 26.4. The van der Waals surface area contributed by atoms with Crippen molar-refractivity contribution in [3.05, 3.63) is 95.0 Å². The first kappa shape index (κ1) is 17.7. The topological polar surface area (TPSA) is 49.4 Å². The van der Waals surface area contributed by atoms with Crippen molar-refractivity contribution in [2.75, 3.05) is 17.3 Å². The number of halogens is 1. The lowest BCUT2D eigenvalue weighted by atomic mass is 10.1. The molecule has 0 unspecified atom stereocenters. The van der Waals surface area contributed by atoms with Gasteiger partial charge in [-0.2, -0.15) is 0 Å². The molecule has 3 aromatic rings. The minimum absolute atomic E-state index is 0.141. The van der Waals surface area contributed by atoms with E-state index in [2.05, 4.69) is 5.32 Å². The van der Waals surface area contributed by atoms with E-state index in [1.807, 2.05) is 30.3 Å². The Hall–Kier alpha value is -3.11. The minimum Gasteiger partial charge on any atom is -0.322 e. The molecule has 0 spiro atoms. The summed E-state index contributed by atoms with van der Waals surface area (Å²) in [5.41, 5.74) is 2.39. The van der Waals surface area contributed by atoms with Crippen molar-refractivity contribution in [2.24, 2.45) is 0 Å². The highest BCUT2D eigenvalue weighted by Gasteiger charge is 2.14. The minimum atomic E-state index is -0.261. The van der Waals surface area contributed by atoms with Crippen LogP contribution in [0, 0.1) is 0 Å². The van der Waals surface area contributed by atoms with Gasteiger partial charge in [0.25, 0.3) is 11.8 Å². The maximum absolute atomic E-state index is 12.6. The first-order valence-electron chi connectivity index (χ1n) is 8.05. The van der Waals surface area contributed by atoms with Crippen molar-refractivity contribution in [2.45, 2.75) is 0 Å². The molecule has 0 heterocycles. The summed E-state index contributed by atoms with van der Waals surface area (Å²) in [5.74, 6) is -0.402. The fourth-order valence-corrected chi connectivity index (χ4v) is 2.69. The normalized spacial score (nSPS) is 10.2. The molecular weight excluding hydrogens is 348 g/mol. The molecule has 4 nitrogen and oxygen atoms in total. The number of hydrogen-bond donors (Lipinski definition) is 1. The lowest BCUT2D eigenvalue weighted by Crippen LogP contribution is -2.26. The summed E-state index contributed by atoms with van der Waals surface area (Å²) in [6.07, 6.45) is 0. The Labute approximate surface area is 157 Å². The smallest absolute Gasteiger partial charge is 0.258 e. The van der Waals surface area contributed by atoms with Crippen LogP contribution in [0.25, 0.3) is 0 Å². The van der Waals surface area contributed by atoms with Gasteiger partial charge in [-0.15, -0.1) is 0 Å². The van der Waals surface area contributed by atoms with Gasteiger partial charge in [-0.05, 0) is 54.6 Å². The largest absolute Gasteiger partial charge is 0.322 e. The van der Waals surface area contributed by atoms with Crippen molar-refractivity contribution < 1.29 is 9.59 Å². The Morgan fingerprint density at radius 1 is 0.846 bits per heavy atom. The van der Waals surface area contributed by atoms with Gasteiger partial charge in [0.15, 0.2) is 0 Å². The first-order chi connectivity index (χ1) is 12.5. The van der Waals surface area contributed by atoms with Crippen LogP contribution in [-0.4, -0.2) is 18.9 Å². The van der Waals surface area contributed by atoms with Gasteiger partial charge in [0.05, 0.1) is 0 Å². The summed E-state index contributed by atoms with van der Waals surface area (Å²) in [5, 5.41) is 3.33. The first-order valence-corrected chi connectivity index (χ1v) is 8.42. The van der Waals surface area contributed by atoms with E-state index in [0.29, 0.717) is 21.8 Å². The highest BCUT2D eigenvalue weighted by molar-refractivity contribution is 6.31. The Morgan fingerprint density at radius 2 is 1.50 bits per heavy atom. The Morgan fingerprint density at radius 3 is 2.15 bits per heavy atom. The Bertz CT molecular complexity index is 924. The third-order valence-corrected chi connectivity index (χ3v) is 4.16. The predicted molar refractivity (Wildman–Crippen MR) is 105 cm³/mol. The molecule has 5 heteroatoms. The molecule has 3 rings (SSSR count). The average molecular weight is 365 g/mol. The number of hydrogen-bond acceptors (Lipinski definition) is 2. The van der Waals surface area contributed by atoms with Crippen LogP contribution in [-0.2, 0) is 0 Å². The number of benzene rings is 3. The number of nitrogens with one attached hydrogen (secondary N) is 1. The maximum atomic E-state index is 12.6. The van der Waals surface area contributed by atoms with E-state index < -0.39 is 0 Å². The molecule has 0 aliphatic heterocycles. The summed E-state index contributed by atoms with van der Waals surface area (Å²) in [7, 11) is 1.72. The van der Waals surface area contributed by atoms with Crippen molar-refractivity contribution in [3.8, 4) is 0 Å². The second-order valence-electron chi connectivity index (χ2n) is 5.74. The molecule has 1 N–H and O–H groups in total. The van der Waals surface area contributed by atoms with Crippen LogP contribution in [0.5, 0.6) is 0 Å². The lowest BCUT2D eigenvalue weighted by molar-refractivity contribution is 0.0989. The molecule has 0 fully saturated rings. The van der Waals surface area contributed by atoms with Gasteiger partial charge in [-0.1, -0.05) is 35.9 Å².